The van der Waals surface area contributed by atoms with Crippen LogP contribution < -0.4 is 15.0 Å². The maximum atomic E-state index is 12.2. The summed E-state index contributed by atoms with van der Waals surface area (Å²) in [6, 6.07) is 7.31. The van der Waals surface area contributed by atoms with Crippen molar-refractivity contribution in [3.05, 3.63) is 24.3 Å². The number of fused-ring (bicyclic) bond motifs is 1. The summed E-state index contributed by atoms with van der Waals surface area (Å²) in [7, 11) is 5.57. The Balaban J connectivity index is 1.96. The lowest BCUT2D eigenvalue weighted by Crippen LogP contribution is -2.46. The summed E-state index contributed by atoms with van der Waals surface area (Å²) < 4.78 is 5.65. The van der Waals surface area contributed by atoms with Crippen LogP contribution in [-0.2, 0) is 9.59 Å². The molecule has 0 spiro atoms. The third-order valence-electron chi connectivity index (χ3n) is 3.35. The van der Waals surface area contributed by atoms with Crippen molar-refractivity contribution in [2.75, 3.05) is 39.1 Å². The molecule has 0 aromatic heterocycles. The highest BCUT2D eigenvalue weighted by atomic mass is 16.5. The van der Waals surface area contributed by atoms with Gasteiger partial charge < -0.3 is 19.9 Å². The quantitative estimate of drug-likeness (QED) is 0.857. The van der Waals surface area contributed by atoms with Gasteiger partial charge in [-0.3, -0.25) is 9.59 Å². The van der Waals surface area contributed by atoms with E-state index in [1.807, 2.05) is 37.2 Å². The number of amides is 2. The van der Waals surface area contributed by atoms with Crippen molar-refractivity contribution in [1.82, 2.24) is 10.2 Å². The van der Waals surface area contributed by atoms with Gasteiger partial charge in [0, 0.05) is 20.1 Å². The fourth-order valence-electron chi connectivity index (χ4n) is 2.16. The van der Waals surface area contributed by atoms with Crippen LogP contribution in [0.1, 0.15) is 6.42 Å². The second-order valence-electron chi connectivity index (χ2n) is 5.33. The normalized spacial score (nSPS) is 17.4. The number of hydrogen-bond donors (Lipinski definition) is 1. The molecule has 6 nitrogen and oxygen atoms in total. The van der Waals surface area contributed by atoms with Gasteiger partial charge in [0.1, 0.15) is 5.75 Å². The van der Waals surface area contributed by atoms with Crippen molar-refractivity contribution in [2.24, 2.45) is 0 Å². The van der Waals surface area contributed by atoms with E-state index in [1.165, 1.54) is 4.90 Å². The minimum absolute atomic E-state index is 0.0327. The van der Waals surface area contributed by atoms with E-state index in [1.54, 1.807) is 13.1 Å². The van der Waals surface area contributed by atoms with Gasteiger partial charge in [-0.1, -0.05) is 12.1 Å². The molecule has 1 aliphatic rings. The topological polar surface area (TPSA) is 61.9 Å². The molecule has 0 aliphatic carbocycles. The maximum Gasteiger partial charge on any atom is 0.268 e. The molecule has 6 heteroatoms. The van der Waals surface area contributed by atoms with Crippen molar-refractivity contribution < 1.29 is 14.3 Å². The summed E-state index contributed by atoms with van der Waals surface area (Å²) >= 11 is 0. The molecular weight excluding hydrogens is 270 g/mol. The molecule has 1 aromatic carbocycles. The molecule has 1 aliphatic heterocycles. The number of para-hydroxylation sites is 2. The van der Waals surface area contributed by atoms with E-state index in [0.29, 0.717) is 12.3 Å². The molecule has 21 heavy (non-hydrogen) atoms. The lowest BCUT2D eigenvalue weighted by atomic mass is 10.1. The molecule has 1 N–H and O–H groups in total. The number of nitrogens with one attached hydrogen (secondary N) is 1. The van der Waals surface area contributed by atoms with Gasteiger partial charge in [-0.15, -0.1) is 0 Å². The van der Waals surface area contributed by atoms with E-state index >= 15 is 0 Å². The van der Waals surface area contributed by atoms with E-state index in [2.05, 4.69) is 5.32 Å². The summed E-state index contributed by atoms with van der Waals surface area (Å²) in [6.45, 7) is 1.31. The van der Waals surface area contributed by atoms with Gasteiger partial charge in [-0.2, -0.15) is 0 Å². The highest BCUT2D eigenvalue weighted by Gasteiger charge is 2.33. The molecule has 0 radical (unpaired) electrons. The number of carbonyl (C=O) groups is 2. The number of likely N-dealkylation sites (N-methyl/N-ethyl adjacent to an activating group) is 2. The van der Waals surface area contributed by atoms with Crippen LogP contribution in [0, 0.1) is 0 Å². The van der Waals surface area contributed by atoms with Crippen molar-refractivity contribution in [2.45, 2.75) is 12.5 Å². The van der Waals surface area contributed by atoms with Gasteiger partial charge >= 0.3 is 0 Å². The molecular formula is C15H21N3O3. The fraction of sp³-hybridized carbons (Fsp3) is 0.467. The molecule has 1 heterocycles. The third-order valence-corrected chi connectivity index (χ3v) is 3.35. The molecule has 0 saturated carbocycles. The van der Waals surface area contributed by atoms with Crippen molar-refractivity contribution in [1.29, 1.82) is 0 Å². The summed E-state index contributed by atoms with van der Waals surface area (Å²) in [5.74, 6) is 0.255. The Morgan fingerprint density at radius 2 is 2.10 bits per heavy atom. The maximum absolute atomic E-state index is 12.2. The zero-order valence-corrected chi connectivity index (χ0v) is 12.6. The third kappa shape index (κ3) is 3.72. The number of ether oxygens (including phenoxy) is 1. The Morgan fingerprint density at radius 1 is 1.38 bits per heavy atom. The minimum atomic E-state index is -0.760. The number of anilines is 1. The second-order valence-corrected chi connectivity index (χ2v) is 5.33. The smallest absolute Gasteiger partial charge is 0.268 e. The second kappa shape index (κ2) is 6.58. The van der Waals surface area contributed by atoms with Gasteiger partial charge in [0.05, 0.1) is 12.1 Å². The first-order valence-corrected chi connectivity index (χ1v) is 6.93. The summed E-state index contributed by atoms with van der Waals surface area (Å²) in [4.78, 5) is 27.6. The first-order chi connectivity index (χ1) is 9.99. The highest BCUT2D eigenvalue weighted by Crippen LogP contribution is 2.33. The largest absolute Gasteiger partial charge is 0.478 e. The molecule has 114 valence electrons. The summed E-state index contributed by atoms with van der Waals surface area (Å²) in [6.07, 6.45) is -0.727. The average Bonchev–Trinajstić information content (AvgIpc) is 2.44. The lowest BCUT2D eigenvalue weighted by molar-refractivity contribution is -0.132. The van der Waals surface area contributed by atoms with Gasteiger partial charge in [0.25, 0.3) is 5.91 Å². The lowest BCUT2D eigenvalue weighted by Gasteiger charge is -2.31. The Labute approximate surface area is 124 Å². The van der Waals surface area contributed by atoms with Crippen LogP contribution in [0.5, 0.6) is 5.75 Å². The molecule has 2 amide bonds. The first-order valence-electron chi connectivity index (χ1n) is 6.93. The molecule has 1 atom stereocenters. The number of benzene rings is 1. The summed E-state index contributed by atoms with van der Waals surface area (Å²) in [5.41, 5.74) is 0.728. The summed E-state index contributed by atoms with van der Waals surface area (Å²) in [5, 5.41) is 2.79. The molecule has 1 unspecified atom stereocenters. The van der Waals surface area contributed by atoms with Crippen LogP contribution >= 0.6 is 0 Å². The highest BCUT2D eigenvalue weighted by molar-refractivity contribution is 6.01. The SMILES string of the molecule is CN(C)CCNC(=O)CC1Oc2ccccc2N(C)C1=O. The zero-order valence-electron chi connectivity index (χ0n) is 12.6. The molecule has 0 bridgehead atoms. The fourth-order valence-corrected chi connectivity index (χ4v) is 2.16. The average molecular weight is 291 g/mol. The van der Waals surface area contributed by atoms with Crippen molar-refractivity contribution >= 4 is 17.5 Å². The molecule has 0 saturated heterocycles. The predicted octanol–water partition coefficient (Wildman–Crippen LogP) is 0.478. The van der Waals surface area contributed by atoms with E-state index in [0.717, 1.165) is 12.2 Å². The Morgan fingerprint density at radius 3 is 2.81 bits per heavy atom. The van der Waals surface area contributed by atoms with E-state index in [-0.39, 0.29) is 18.2 Å². The van der Waals surface area contributed by atoms with E-state index < -0.39 is 6.10 Å². The monoisotopic (exact) mass is 291 g/mol. The van der Waals surface area contributed by atoms with Crippen LogP contribution in [0.2, 0.25) is 0 Å². The van der Waals surface area contributed by atoms with Gasteiger partial charge in [0.2, 0.25) is 5.91 Å². The zero-order chi connectivity index (χ0) is 15.4. The molecule has 1 aromatic rings. The van der Waals surface area contributed by atoms with Gasteiger partial charge in [-0.25, -0.2) is 0 Å². The van der Waals surface area contributed by atoms with Crippen molar-refractivity contribution in [3.8, 4) is 5.75 Å². The van der Waals surface area contributed by atoms with Crippen LogP contribution in [0.15, 0.2) is 24.3 Å². The van der Waals surface area contributed by atoms with Crippen LogP contribution in [-0.4, -0.2) is 57.1 Å². The Kier molecular flexibility index (Phi) is 4.80. The van der Waals surface area contributed by atoms with Crippen LogP contribution in [0.3, 0.4) is 0 Å². The Hall–Kier alpha value is -2.08. The van der Waals surface area contributed by atoms with Crippen LogP contribution in [0.25, 0.3) is 0 Å². The van der Waals surface area contributed by atoms with Gasteiger partial charge in [-0.05, 0) is 26.2 Å². The minimum Gasteiger partial charge on any atom is -0.478 e. The number of hydrogen-bond acceptors (Lipinski definition) is 4. The van der Waals surface area contributed by atoms with E-state index in [9.17, 15) is 9.59 Å². The van der Waals surface area contributed by atoms with Crippen LogP contribution in [0.4, 0.5) is 5.69 Å². The molecule has 0 fully saturated rings. The standard InChI is InChI=1S/C15H21N3O3/c1-17(2)9-8-16-14(19)10-13-15(20)18(3)11-6-4-5-7-12(11)21-13/h4-7,13H,8-10H2,1-3H3,(H,16,19). The predicted molar refractivity (Wildman–Crippen MR) is 80.4 cm³/mol. The first kappa shape index (κ1) is 15.3. The molecule has 2 rings (SSSR count). The number of carbonyl (C=O) groups excluding carboxylic acids is 2. The van der Waals surface area contributed by atoms with E-state index in [4.69, 9.17) is 4.74 Å². The Bertz CT molecular complexity index is 531. The van der Waals surface area contributed by atoms with Gasteiger partial charge in [0.15, 0.2) is 6.10 Å². The number of rotatable bonds is 5. The van der Waals surface area contributed by atoms with Crippen molar-refractivity contribution in [3.63, 3.8) is 0 Å². The number of nitrogens with zero attached hydrogens (tertiary/aromatic N) is 2.